The van der Waals surface area contributed by atoms with Crippen LogP contribution >= 0.6 is 0 Å². The van der Waals surface area contributed by atoms with Crippen molar-refractivity contribution in [2.45, 2.75) is 33.2 Å². The summed E-state index contributed by atoms with van der Waals surface area (Å²) in [5.41, 5.74) is 3.02. The summed E-state index contributed by atoms with van der Waals surface area (Å²) in [7, 11) is 1.96. The molecule has 0 bridgehead atoms. The number of aryl methyl sites for hydroxylation is 2. The molecule has 3 rings (SSSR count). The number of rotatable bonds is 1. The van der Waals surface area contributed by atoms with E-state index in [-0.39, 0.29) is 0 Å². The molecule has 1 aromatic heterocycles. The molecule has 0 spiro atoms. The topological polar surface area (TPSA) is 45.8 Å². The van der Waals surface area contributed by atoms with Crippen LogP contribution in [0.1, 0.15) is 31.7 Å². The molecule has 0 saturated heterocycles. The molecule has 1 atom stereocenters. The number of amidine groups is 2. The fourth-order valence-electron chi connectivity index (χ4n) is 2.53. The monoisotopic (exact) mass is 231 g/mol. The fourth-order valence-corrected chi connectivity index (χ4v) is 2.53. The first kappa shape index (κ1) is 10.5. The van der Waals surface area contributed by atoms with Crippen molar-refractivity contribution in [2.24, 2.45) is 17.0 Å². The molecular weight excluding hydrogens is 214 g/mol. The third-order valence-corrected chi connectivity index (χ3v) is 3.49. The Balaban J connectivity index is 2.20. The summed E-state index contributed by atoms with van der Waals surface area (Å²) in [6.07, 6.45) is 1.07. The van der Waals surface area contributed by atoms with Gasteiger partial charge in [0, 0.05) is 13.6 Å². The molecule has 5 nitrogen and oxygen atoms in total. The second-order valence-corrected chi connectivity index (χ2v) is 4.69. The molecule has 0 unspecified atom stereocenters. The van der Waals surface area contributed by atoms with Crippen LogP contribution in [0.3, 0.4) is 0 Å². The summed E-state index contributed by atoms with van der Waals surface area (Å²) < 4.78 is 1.89. The quantitative estimate of drug-likeness (QED) is 0.737. The standard InChI is InChI=1S/C12H17N5/c1-5-9-6-17-8(3)13-10-7(2)15-16(4)11(10)12(17)14-9/h9H,5-6H2,1-4H3/t9-/m0/s1. The molecule has 0 amide bonds. The Morgan fingerprint density at radius 2 is 2.12 bits per heavy atom. The van der Waals surface area contributed by atoms with Crippen molar-refractivity contribution < 1.29 is 0 Å². The van der Waals surface area contributed by atoms with Gasteiger partial charge in [0.2, 0.25) is 0 Å². The van der Waals surface area contributed by atoms with Crippen LogP contribution in [0.2, 0.25) is 0 Å². The minimum atomic E-state index is 0.385. The maximum Gasteiger partial charge on any atom is 0.157 e. The van der Waals surface area contributed by atoms with Gasteiger partial charge >= 0.3 is 0 Å². The zero-order valence-corrected chi connectivity index (χ0v) is 10.7. The van der Waals surface area contributed by atoms with E-state index in [1.165, 1.54) is 0 Å². The number of hydrogen-bond donors (Lipinski definition) is 0. The lowest BCUT2D eigenvalue weighted by Gasteiger charge is -2.24. The number of fused-ring (bicyclic) bond motifs is 3. The first-order valence-electron chi connectivity index (χ1n) is 6.06. The van der Waals surface area contributed by atoms with E-state index < -0.39 is 0 Å². The van der Waals surface area contributed by atoms with Gasteiger partial charge in [-0.25, -0.2) is 4.99 Å². The smallest absolute Gasteiger partial charge is 0.157 e. The van der Waals surface area contributed by atoms with E-state index in [0.717, 1.165) is 41.7 Å². The predicted molar refractivity (Wildman–Crippen MR) is 68.0 cm³/mol. The molecule has 0 fully saturated rings. The van der Waals surface area contributed by atoms with Gasteiger partial charge in [0.1, 0.15) is 17.2 Å². The van der Waals surface area contributed by atoms with Crippen molar-refractivity contribution in [2.75, 3.05) is 6.54 Å². The van der Waals surface area contributed by atoms with Gasteiger partial charge in [0.25, 0.3) is 0 Å². The van der Waals surface area contributed by atoms with Gasteiger partial charge < -0.3 is 4.90 Å². The van der Waals surface area contributed by atoms with Gasteiger partial charge in [-0.2, -0.15) is 5.10 Å². The molecule has 0 aromatic carbocycles. The molecule has 5 heteroatoms. The largest absolute Gasteiger partial charge is 0.311 e. The van der Waals surface area contributed by atoms with Crippen LogP contribution in [0.5, 0.6) is 0 Å². The maximum atomic E-state index is 4.80. The summed E-state index contributed by atoms with van der Waals surface area (Å²) in [5, 5.41) is 4.44. The lowest BCUT2D eigenvalue weighted by molar-refractivity contribution is 0.555. The van der Waals surface area contributed by atoms with E-state index in [4.69, 9.17) is 4.99 Å². The van der Waals surface area contributed by atoms with Gasteiger partial charge in [-0.05, 0) is 20.3 Å². The van der Waals surface area contributed by atoms with Crippen LogP contribution in [-0.2, 0) is 7.05 Å². The van der Waals surface area contributed by atoms with Crippen LogP contribution < -0.4 is 0 Å². The molecule has 0 radical (unpaired) electrons. The number of hydrogen-bond acceptors (Lipinski definition) is 4. The second-order valence-electron chi connectivity index (χ2n) is 4.69. The van der Waals surface area contributed by atoms with Gasteiger partial charge in [-0.3, -0.25) is 9.67 Å². The summed E-state index contributed by atoms with van der Waals surface area (Å²) in [6.45, 7) is 7.17. The lowest BCUT2D eigenvalue weighted by Crippen LogP contribution is -2.37. The molecule has 2 aliphatic heterocycles. The number of aliphatic imine (C=N–C) groups is 2. The third-order valence-electron chi connectivity index (χ3n) is 3.49. The second kappa shape index (κ2) is 3.42. The van der Waals surface area contributed by atoms with Crippen molar-refractivity contribution >= 4 is 17.4 Å². The zero-order valence-electron chi connectivity index (χ0n) is 10.7. The molecule has 0 saturated carbocycles. The number of nitrogens with zero attached hydrogens (tertiary/aromatic N) is 5. The highest BCUT2D eigenvalue weighted by molar-refractivity contribution is 6.15. The minimum absolute atomic E-state index is 0.385. The van der Waals surface area contributed by atoms with Crippen molar-refractivity contribution in [3.63, 3.8) is 0 Å². The lowest BCUT2D eigenvalue weighted by atomic mass is 10.2. The zero-order chi connectivity index (χ0) is 12.2. The Morgan fingerprint density at radius 1 is 1.35 bits per heavy atom. The van der Waals surface area contributed by atoms with Crippen molar-refractivity contribution in [3.8, 4) is 0 Å². The summed E-state index contributed by atoms with van der Waals surface area (Å²) in [4.78, 5) is 11.7. The van der Waals surface area contributed by atoms with Gasteiger partial charge in [0.15, 0.2) is 5.84 Å². The van der Waals surface area contributed by atoms with Crippen molar-refractivity contribution in [3.05, 3.63) is 11.4 Å². The maximum absolute atomic E-state index is 4.80. The Labute approximate surface area is 101 Å². The van der Waals surface area contributed by atoms with Crippen LogP contribution in [0.15, 0.2) is 9.98 Å². The molecule has 2 aliphatic rings. The average Bonchev–Trinajstić information content (AvgIpc) is 2.82. The molecule has 3 heterocycles. The highest BCUT2D eigenvalue weighted by Gasteiger charge is 2.34. The average molecular weight is 231 g/mol. The number of aromatic nitrogens is 2. The Kier molecular flexibility index (Phi) is 2.11. The first-order chi connectivity index (χ1) is 8.11. The van der Waals surface area contributed by atoms with Gasteiger partial charge in [-0.1, -0.05) is 6.92 Å². The van der Waals surface area contributed by atoms with Gasteiger partial charge in [-0.15, -0.1) is 0 Å². The van der Waals surface area contributed by atoms with E-state index in [1.54, 1.807) is 0 Å². The Hall–Kier alpha value is -1.65. The van der Waals surface area contributed by atoms with E-state index in [1.807, 2.05) is 25.6 Å². The van der Waals surface area contributed by atoms with Crippen molar-refractivity contribution in [1.82, 2.24) is 14.7 Å². The predicted octanol–water partition coefficient (Wildman–Crippen LogP) is 1.63. The Bertz CT molecular complexity index is 537. The van der Waals surface area contributed by atoms with E-state index in [2.05, 4.69) is 21.9 Å². The van der Waals surface area contributed by atoms with Crippen LogP contribution in [-0.4, -0.2) is 38.9 Å². The van der Waals surface area contributed by atoms with Crippen LogP contribution in [0.4, 0.5) is 5.69 Å². The summed E-state index contributed by atoms with van der Waals surface area (Å²) >= 11 is 0. The molecule has 0 aliphatic carbocycles. The third kappa shape index (κ3) is 1.34. The SMILES string of the molecule is CC[C@H]1CN2C(C)=Nc3c(C)nn(C)c3C2=N1. The summed E-state index contributed by atoms with van der Waals surface area (Å²) in [6, 6.07) is 0.385. The fraction of sp³-hybridized carbons (Fsp3) is 0.583. The highest BCUT2D eigenvalue weighted by atomic mass is 15.4. The van der Waals surface area contributed by atoms with E-state index in [0.29, 0.717) is 6.04 Å². The molecule has 17 heavy (non-hydrogen) atoms. The van der Waals surface area contributed by atoms with Crippen molar-refractivity contribution in [1.29, 1.82) is 0 Å². The molecule has 1 aromatic rings. The van der Waals surface area contributed by atoms with Gasteiger partial charge in [0.05, 0.1) is 11.7 Å². The summed E-state index contributed by atoms with van der Waals surface area (Å²) in [5.74, 6) is 2.07. The first-order valence-corrected chi connectivity index (χ1v) is 6.06. The highest BCUT2D eigenvalue weighted by Crippen LogP contribution is 2.32. The van der Waals surface area contributed by atoms with E-state index in [9.17, 15) is 0 Å². The van der Waals surface area contributed by atoms with Crippen LogP contribution in [0.25, 0.3) is 0 Å². The van der Waals surface area contributed by atoms with E-state index >= 15 is 0 Å². The molecule has 0 N–H and O–H groups in total. The normalized spacial score (nSPS) is 22.1. The molecular formula is C12H17N5. The molecule has 90 valence electrons. The minimum Gasteiger partial charge on any atom is -0.311 e. The Morgan fingerprint density at radius 3 is 2.82 bits per heavy atom. The van der Waals surface area contributed by atoms with Crippen LogP contribution in [0, 0.1) is 6.92 Å².